The van der Waals surface area contributed by atoms with E-state index in [0.717, 1.165) is 10.7 Å². The van der Waals surface area contributed by atoms with Gasteiger partial charge in [0, 0.05) is 11.0 Å². The second kappa shape index (κ2) is 6.29. The molecule has 0 saturated carbocycles. The van der Waals surface area contributed by atoms with Gasteiger partial charge in [0.2, 0.25) is 11.8 Å². The van der Waals surface area contributed by atoms with Crippen molar-refractivity contribution >= 4 is 37.8 Å². The first-order valence-electron chi connectivity index (χ1n) is 5.49. The predicted molar refractivity (Wildman–Crippen MR) is 78.1 cm³/mol. The van der Waals surface area contributed by atoms with Gasteiger partial charge in [-0.15, -0.1) is 0 Å². The molecular formula is C12H10Br2FN3O. The molecule has 1 aromatic heterocycles. The number of aromatic nitrogens is 2. The van der Waals surface area contributed by atoms with Crippen molar-refractivity contribution in [1.82, 2.24) is 9.97 Å². The van der Waals surface area contributed by atoms with Crippen molar-refractivity contribution < 1.29 is 9.13 Å². The van der Waals surface area contributed by atoms with Crippen molar-refractivity contribution in [3.8, 4) is 11.6 Å². The smallest absolute Gasteiger partial charge is 0.260 e. The predicted octanol–water partition coefficient (Wildman–Crippen LogP) is 4.36. The van der Waals surface area contributed by atoms with Crippen molar-refractivity contribution in [2.75, 3.05) is 11.9 Å². The van der Waals surface area contributed by atoms with Gasteiger partial charge in [0.05, 0.1) is 10.7 Å². The number of nitrogens with zero attached hydrogens (tertiary/aromatic N) is 2. The summed E-state index contributed by atoms with van der Waals surface area (Å²) in [5, 5.41) is 2.90. The molecule has 4 nitrogen and oxygen atoms in total. The van der Waals surface area contributed by atoms with E-state index in [9.17, 15) is 4.39 Å². The number of nitrogens with one attached hydrogen (secondary N) is 1. The van der Waals surface area contributed by atoms with Crippen LogP contribution in [0.2, 0.25) is 0 Å². The average molecular weight is 391 g/mol. The third kappa shape index (κ3) is 3.63. The summed E-state index contributed by atoms with van der Waals surface area (Å²) in [5.41, 5.74) is 0. The van der Waals surface area contributed by atoms with Gasteiger partial charge in [0.15, 0.2) is 0 Å². The highest BCUT2D eigenvalue weighted by Gasteiger charge is 2.11. The number of rotatable bonds is 4. The molecule has 0 radical (unpaired) electrons. The molecule has 0 amide bonds. The molecule has 2 aromatic rings. The quantitative estimate of drug-likeness (QED) is 0.842. The van der Waals surface area contributed by atoms with Crippen LogP contribution in [0.5, 0.6) is 11.6 Å². The summed E-state index contributed by atoms with van der Waals surface area (Å²) in [5.74, 6) is 0.0702. The molecule has 100 valence electrons. The molecule has 19 heavy (non-hydrogen) atoms. The fourth-order valence-corrected chi connectivity index (χ4v) is 2.46. The van der Waals surface area contributed by atoms with Crippen LogP contribution < -0.4 is 10.1 Å². The van der Waals surface area contributed by atoms with Crippen molar-refractivity contribution in [3.05, 3.63) is 39.2 Å². The number of hydrogen-bond acceptors (Lipinski definition) is 4. The lowest BCUT2D eigenvalue weighted by Crippen LogP contribution is -2.04. The molecule has 0 aliphatic heterocycles. The molecule has 0 spiro atoms. The highest BCUT2D eigenvalue weighted by atomic mass is 79.9. The highest BCUT2D eigenvalue weighted by Crippen LogP contribution is 2.32. The van der Waals surface area contributed by atoms with Crippen molar-refractivity contribution in [2.45, 2.75) is 6.92 Å². The first-order chi connectivity index (χ1) is 9.10. The van der Waals surface area contributed by atoms with Gasteiger partial charge in [-0.25, -0.2) is 4.98 Å². The van der Waals surface area contributed by atoms with E-state index in [1.165, 1.54) is 0 Å². The SMILES string of the molecule is CCNc1ncc(F)c(Oc2ccc(Br)cc2Br)n1. The van der Waals surface area contributed by atoms with Crippen LogP contribution >= 0.6 is 31.9 Å². The lowest BCUT2D eigenvalue weighted by Gasteiger charge is -2.09. The Labute approximate surface area is 126 Å². The minimum Gasteiger partial charge on any atom is -0.435 e. The fourth-order valence-electron chi connectivity index (χ4n) is 1.33. The standard InChI is InChI=1S/C12H10Br2FN3O/c1-2-16-12-17-6-9(15)11(18-12)19-10-4-3-7(13)5-8(10)14/h3-6H,2H2,1H3,(H,16,17,18). The number of ether oxygens (including phenoxy) is 1. The normalized spacial score (nSPS) is 10.3. The number of anilines is 1. The van der Waals surface area contributed by atoms with Gasteiger partial charge in [0.1, 0.15) is 5.75 Å². The highest BCUT2D eigenvalue weighted by molar-refractivity contribution is 9.11. The Balaban J connectivity index is 2.29. The van der Waals surface area contributed by atoms with Crippen LogP contribution in [0, 0.1) is 5.82 Å². The zero-order valence-corrected chi connectivity index (χ0v) is 13.1. The zero-order chi connectivity index (χ0) is 13.8. The Bertz CT molecular complexity index is 595. The number of halogens is 3. The summed E-state index contributed by atoms with van der Waals surface area (Å²) < 4.78 is 20.6. The second-order valence-corrected chi connectivity index (χ2v) is 5.32. The molecule has 1 heterocycles. The van der Waals surface area contributed by atoms with Crippen LogP contribution in [0.25, 0.3) is 0 Å². The molecule has 0 saturated heterocycles. The van der Waals surface area contributed by atoms with Crippen LogP contribution in [0.4, 0.5) is 10.3 Å². The van der Waals surface area contributed by atoms with E-state index in [0.29, 0.717) is 22.7 Å². The molecule has 0 unspecified atom stereocenters. The third-order valence-corrected chi connectivity index (χ3v) is 3.26. The zero-order valence-electron chi connectivity index (χ0n) is 9.95. The Hall–Kier alpha value is -1.21. The molecular weight excluding hydrogens is 381 g/mol. The van der Waals surface area contributed by atoms with E-state index in [-0.39, 0.29) is 5.88 Å². The van der Waals surface area contributed by atoms with Crippen LogP contribution in [0.15, 0.2) is 33.3 Å². The summed E-state index contributed by atoms with van der Waals surface area (Å²) >= 11 is 6.68. The second-order valence-electron chi connectivity index (χ2n) is 3.55. The Kier molecular flexibility index (Phi) is 4.71. The summed E-state index contributed by atoms with van der Waals surface area (Å²) in [6, 6.07) is 5.31. The van der Waals surface area contributed by atoms with Gasteiger partial charge >= 0.3 is 0 Å². The topological polar surface area (TPSA) is 47.0 Å². The van der Waals surface area contributed by atoms with Gasteiger partial charge in [-0.2, -0.15) is 9.37 Å². The van der Waals surface area contributed by atoms with Gasteiger partial charge in [-0.1, -0.05) is 15.9 Å². The summed E-state index contributed by atoms with van der Waals surface area (Å²) in [6.07, 6.45) is 1.08. The number of hydrogen-bond donors (Lipinski definition) is 1. The molecule has 7 heteroatoms. The summed E-state index contributed by atoms with van der Waals surface area (Å²) in [6.45, 7) is 2.55. The Morgan fingerprint density at radius 2 is 2.16 bits per heavy atom. The van der Waals surface area contributed by atoms with Gasteiger partial charge < -0.3 is 10.1 Å². The molecule has 0 fully saturated rings. The maximum absolute atomic E-state index is 13.6. The molecule has 0 aliphatic carbocycles. The largest absolute Gasteiger partial charge is 0.435 e. The molecule has 1 aromatic carbocycles. The van der Waals surface area contributed by atoms with Gasteiger partial charge in [-0.3, -0.25) is 0 Å². The Morgan fingerprint density at radius 1 is 1.37 bits per heavy atom. The van der Waals surface area contributed by atoms with E-state index < -0.39 is 5.82 Å². The van der Waals surface area contributed by atoms with Crippen LogP contribution in [0.3, 0.4) is 0 Å². The minimum absolute atomic E-state index is 0.117. The molecule has 2 rings (SSSR count). The third-order valence-electron chi connectivity index (χ3n) is 2.15. The van der Waals surface area contributed by atoms with E-state index in [1.54, 1.807) is 18.2 Å². The molecule has 0 bridgehead atoms. The van der Waals surface area contributed by atoms with Crippen molar-refractivity contribution in [2.24, 2.45) is 0 Å². The fraction of sp³-hybridized carbons (Fsp3) is 0.167. The lowest BCUT2D eigenvalue weighted by atomic mass is 10.3. The first kappa shape index (κ1) is 14.2. The average Bonchev–Trinajstić information content (AvgIpc) is 2.37. The molecule has 0 aliphatic rings. The first-order valence-corrected chi connectivity index (χ1v) is 7.08. The van der Waals surface area contributed by atoms with Gasteiger partial charge in [-0.05, 0) is 41.1 Å². The Morgan fingerprint density at radius 3 is 2.84 bits per heavy atom. The van der Waals surface area contributed by atoms with Crippen LogP contribution in [0.1, 0.15) is 6.92 Å². The lowest BCUT2D eigenvalue weighted by molar-refractivity contribution is 0.418. The van der Waals surface area contributed by atoms with E-state index in [1.807, 2.05) is 6.92 Å². The number of benzene rings is 1. The van der Waals surface area contributed by atoms with Gasteiger partial charge in [0.25, 0.3) is 5.88 Å². The molecule has 0 atom stereocenters. The summed E-state index contributed by atoms with van der Waals surface area (Å²) in [7, 11) is 0. The van der Waals surface area contributed by atoms with E-state index >= 15 is 0 Å². The van der Waals surface area contributed by atoms with Crippen molar-refractivity contribution in [1.29, 1.82) is 0 Å². The van der Waals surface area contributed by atoms with Crippen molar-refractivity contribution in [3.63, 3.8) is 0 Å². The maximum Gasteiger partial charge on any atom is 0.260 e. The van der Waals surface area contributed by atoms with E-state index in [4.69, 9.17) is 4.74 Å². The van der Waals surface area contributed by atoms with E-state index in [2.05, 4.69) is 47.1 Å². The molecule has 1 N–H and O–H groups in total. The monoisotopic (exact) mass is 389 g/mol. The van der Waals surface area contributed by atoms with Crippen LogP contribution in [-0.4, -0.2) is 16.5 Å². The summed E-state index contributed by atoms with van der Waals surface area (Å²) in [4.78, 5) is 7.78. The minimum atomic E-state index is -0.614. The maximum atomic E-state index is 13.6. The van der Waals surface area contributed by atoms with Crippen LogP contribution in [-0.2, 0) is 0 Å².